The fourth-order valence-corrected chi connectivity index (χ4v) is 3.41. The second-order valence-electron chi connectivity index (χ2n) is 6.43. The second-order valence-corrected chi connectivity index (χ2v) is 7.97. The van der Waals surface area contributed by atoms with Crippen LogP contribution < -0.4 is 4.18 Å². The van der Waals surface area contributed by atoms with E-state index in [9.17, 15) is 30.8 Å². The molecule has 1 aromatic carbocycles. The standard InChI is InChI=1S/C18H20F4O4S/c1-2-3-4-5-12-6-7-13(10-17(12)23)15-9-8-14(11-16(15)19)26-27(24,25)18(20,21)22/h8-12H,2-7H2,1H3. The highest BCUT2D eigenvalue weighted by Crippen LogP contribution is 2.34. The number of hydrogen-bond acceptors (Lipinski definition) is 4. The Morgan fingerprint density at radius 1 is 1.22 bits per heavy atom. The average molecular weight is 408 g/mol. The predicted octanol–water partition coefficient (Wildman–Crippen LogP) is 5.00. The van der Waals surface area contributed by atoms with Gasteiger partial charge in [-0.05, 0) is 43.0 Å². The summed E-state index contributed by atoms with van der Waals surface area (Å²) >= 11 is 0. The zero-order valence-corrected chi connectivity index (χ0v) is 15.5. The molecule has 0 spiro atoms. The molecular formula is C18H20F4O4S. The van der Waals surface area contributed by atoms with Gasteiger partial charge in [0.25, 0.3) is 0 Å². The van der Waals surface area contributed by atoms with E-state index in [-0.39, 0.29) is 17.3 Å². The van der Waals surface area contributed by atoms with Crippen LogP contribution in [0.1, 0.15) is 51.0 Å². The first-order chi connectivity index (χ1) is 12.5. The Morgan fingerprint density at radius 2 is 1.93 bits per heavy atom. The highest BCUT2D eigenvalue weighted by Gasteiger charge is 2.48. The molecule has 27 heavy (non-hydrogen) atoms. The summed E-state index contributed by atoms with van der Waals surface area (Å²) in [6.45, 7) is 2.07. The largest absolute Gasteiger partial charge is 0.534 e. The SMILES string of the molecule is CCCCCC1CCC(c2ccc(OS(=O)(=O)C(F)(F)F)cc2F)=CC1=O. The Balaban J connectivity index is 2.15. The van der Waals surface area contributed by atoms with Crippen LogP contribution in [-0.4, -0.2) is 19.7 Å². The van der Waals surface area contributed by atoms with Gasteiger partial charge in [-0.2, -0.15) is 21.6 Å². The van der Waals surface area contributed by atoms with Crippen molar-refractivity contribution < 1.29 is 35.0 Å². The van der Waals surface area contributed by atoms with Gasteiger partial charge in [0, 0.05) is 17.5 Å². The lowest BCUT2D eigenvalue weighted by Crippen LogP contribution is -2.28. The molecular weight excluding hydrogens is 388 g/mol. The fourth-order valence-electron chi connectivity index (χ4n) is 2.96. The highest BCUT2D eigenvalue weighted by molar-refractivity contribution is 7.88. The van der Waals surface area contributed by atoms with E-state index in [1.807, 2.05) is 0 Å². The first-order valence-electron chi connectivity index (χ1n) is 8.60. The van der Waals surface area contributed by atoms with Gasteiger partial charge in [-0.3, -0.25) is 4.79 Å². The first-order valence-corrected chi connectivity index (χ1v) is 10.0. The van der Waals surface area contributed by atoms with Crippen LogP contribution in [0.5, 0.6) is 5.75 Å². The Labute approximate surface area is 155 Å². The fraction of sp³-hybridized carbons (Fsp3) is 0.500. The molecule has 0 radical (unpaired) electrons. The molecule has 0 saturated carbocycles. The van der Waals surface area contributed by atoms with Crippen molar-refractivity contribution in [3.8, 4) is 5.75 Å². The molecule has 1 unspecified atom stereocenters. The molecule has 9 heteroatoms. The van der Waals surface area contributed by atoms with Crippen LogP contribution in [0.3, 0.4) is 0 Å². The summed E-state index contributed by atoms with van der Waals surface area (Å²) in [5.41, 5.74) is -5.12. The van der Waals surface area contributed by atoms with Crippen molar-refractivity contribution in [1.29, 1.82) is 0 Å². The summed E-state index contributed by atoms with van der Waals surface area (Å²) in [5, 5.41) is 0. The molecule has 0 heterocycles. The van der Waals surface area contributed by atoms with Gasteiger partial charge in [0.05, 0.1) is 0 Å². The third-order valence-electron chi connectivity index (χ3n) is 4.41. The molecule has 0 bridgehead atoms. The van der Waals surface area contributed by atoms with E-state index < -0.39 is 27.2 Å². The normalized spacial score (nSPS) is 18.3. The molecule has 2 rings (SSSR count). The summed E-state index contributed by atoms with van der Waals surface area (Å²) in [5.74, 6) is -1.92. The molecule has 1 aliphatic rings. The van der Waals surface area contributed by atoms with Crippen LogP contribution in [-0.2, 0) is 14.9 Å². The summed E-state index contributed by atoms with van der Waals surface area (Å²) in [6.07, 6.45) is 6.22. The van der Waals surface area contributed by atoms with Crippen LogP contribution in [0, 0.1) is 11.7 Å². The molecule has 1 aliphatic carbocycles. The monoisotopic (exact) mass is 408 g/mol. The van der Waals surface area contributed by atoms with E-state index in [0.29, 0.717) is 24.5 Å². The minimum atomic E-state index is -5.87. The molecule has 0 amide bonds. The molecule has 150 valence electrons. The van der Waals surface area contributed by atoms with Gasteiger partial charge in [0.15, 0.2) is 5.78 Å². The second kappa shape index (κ2) is 8.41. The van der Waals surface area contributed by atoms with Gasteiger partial charge >= 0.3 is 15.6 Å². The minimum Gasteiger partial charge on any atom is -0.376 e. The number of alkyl halides is 3. The van der Waals surface area contributed by atoms with Gasteiger partial charge in [0.1, 0.15) is 11.6 Å². The lowest BCUT2D eigenvalue weighted by atomic mass is 9.83. The topological polar surface area (TPSA) is 60.4 Å². The summed E-state index contributed by atoms with van der Waals surface area (Å²) in [6, 6.07) is 2.62. The number of hydrogen-bond donors (Lipinski definition) is 0. The van der Waals surface area contributed by atoms with Crippen molar-refractivity contribution in [3.05, 3.63) is 35.7 Å². The molecule has 0 N–H and O–H groups in total. The molecule has 1 aromatic rings. The van der Waals surface area contributed by atoms with Crippen molar-refractivity contribution in [1.82, 2.24) is 0 Å². The van der Waals surface area contributed by atoms with Crippen molar-refractivity contribution in [3.63, 3.8) is 0 Å². The van der Waals surface area contributed by atoms with Gasteiger partial charge in [-0.1, -0.05) is 26.2 Å². The number of allylic oxidation sites excluding steroid dienone is 2. The highest BCUT2D eigenvalue weighted by atomic mass is 32.2. The van der Waals surface area contributed by atoms with Crippen LogP contribution in [0.25, 0.3) is 5.57 Å². The van der Waals surface area contributed by atoms with Crippen LogP contribution in [0.4, 0.5) is 17.6 Å². The van der Waals surface area contributed by atoms with Crippen LogP contribution in [0.2, 0.25) is 0 Å². The Hall–Kier alpha value is -1.90. The molecule has 0 aliphatic heterocycles. The number of rotatable bonds is 7. The number of ketones is 1. The van der Waals surface area contributed by atoms with E-state index in [1.54, 1.807) is 0 Å². The molecule has 0 aromatic heterocycles. The average Bonchev–Trinajstić information content (AvgIpc) is 2.55. The van der Waals surface area contributed by atoms with Gasteiger partial charge in [0.2, 0.25) is 0 Å². The van der Waals surface area contributed by atoms with Crippen molar-refractivity contribution in [2.75, 3.05) is 0 Å². The number of halogens is 4. The quantitative estimate of drug-likeness (QED) is 0.276. The number of carbonyl (C=O) groups excluding carboxylic acids is 1. The molecule has 0 saturated heterocycles. The smallest absolute Gasteiger partial charge is 0.376 e. The predicted molar refractivity (Wildman–Crippen MR) is 91.9 cm³/mol. The first kappa shape index (κ1) is 21.4. The summed E-state index contributed by atoms with van der Waals surface area (Å²) < 4.78 is 77.1. The van der Waals surface area contributed by atoms with Crippen LogP contribution in [0.15, 0.2) is 24.3 Å². The van der Waals surface area contributed by atoms with E-state index in [0.717, 1.165) is 37.8 Å². The van der Waals surface area contributed by atoms with Crippen LogP contribution >= 0.6 is 0 Å². The number of benzene rings is 1. The Kier molecular flexibility index (Phi) is 6.67. The maximum Gasteiger partial charge on any atom is 0.534 e. The van der Waals surface area contributed by atoms with Gasteiger partial charge in [-0.15, -0.1) is 0 Å². The van der Waals surface area contributed by atoms with E-state index in [2.05, 4.69) is 11.1 Å². The van der Waals surface area contributed by atoms with E-state index in [1.165, 1.54) is 6.08 Å². The van der Waals surface area contributed by atoms with E-state index >= 15 is 0 Å². The maximum absolute atomic E-state index is 14.3. The molecule has 0 fully saturated rings. The summed E-state index contributed by atoms with van der Waals surface area (Å²) in [7, 11) is -5.87. The van der Waals surface area contributed by atoms with Crippen molar-refractivity contribution >= 4 is 21.5 Å². The third kappa shape index (κ3) is 5.31. The molecule has 4 nitrogen and oxygen atoms in total. The zero-order chi connectivity index (χ0) is 20.2. The Bertz CT molecular complexity index is 828. The third-order valence-corrected chi connectivity index (χ3v) is 5.39. The Morgan fingerprint density at radius 3 is 2.48 bits per heavy atom. The van der Waals surface area contributed by atoms with E-state index in [4.69, 9.17) is 0 Å². The van der Waals surface area contributed by atoms with Crippen molar-refractivity contribution in [2.24, 2.45) is 5.92 Å². The number of carbonyl (C=O) groups is 1. The summed E-state index contributed by atoms with van der Waals surface area (Å²) in [4.78, 5) is 12.2. The van der Waals surface area contributed by atoms with Gasteiger partial charge < -0.3 is 4.18 Å². The van der Waals surface area contributed by atoms with Crippen molar-refractivity contribution in [2.45, 2.75) is 51.0 Å². The maximum atomic E-state index is 14.3. The number of unbranched alkanes of at least 4 members (excludes halogenated alkanes) is 2. The minimum absolute atomic E-state index is 0.0483. The zero-order valence-electron chi connectivity index (χ0n) is 14.7. The lowest BCUT2D eigenvalue weighted by Gasteiger charge is -2.21. The lowest BCUT2D eigenvalue weighted by molar-refractivity contribution is -0.118. The van der Waals surface area contributed by atoms with Gasteiger partial charge in [-0.25, -0.2) is 4.39 Å². The molecule has 1 atom stereocenters.